The van der Waals surface area contributed by atoms with Crippen molar-refractivity contribution in [1.82, 2.24) is 4.90 Å². The summed E-state index contributed by atoms with van der Waals surface area (Å²) in [5, 5.41) is 9.90. The molecule has 124 valence electrons. The van der Waals surface area contributed by atoms with Crippen LogP contribution in [0.1, 0.15) is 30.9 Å². The van der Waals surface area contributed by atoms with Crippen LogP contribution in [0.5, 0.6) is 0 Å². The number of halogens is 1. The van der Waals surface area contributed by atoms with Gasteiger partial charge in [-0.1, -0.05) is 67.6 Å². The minimum Gasteiger partial charge on any atom is -0.390 e. The van der Waals surface area contributed by atoms with Crippen molar-refractivity contribution >= 4 is 0 Å². The van der Waals surface area contributed by atoms with Gasteiger partial charge in [-0.05, 0) is 24.0 Å². The van der Waals surface area contributed by atoms with Gasteiger partial charge in [0.05, 0.1) is 6.10 Å². The zero-order valence-corrected chi connectivity index (χ0v) is 13.7. The Morgan fingerprint density at radius 2 is 1.39 bits per heavy atom. The molecule has 0 saturated carbocycles. The van der Waals surface area contributed by atoms with Crippen LogP contribution in [-0.4, -0.2) is 28.8 Å². The van der Waals surface area contributed by atoms with Crippen LogP contribution in [-0.2, 0) is 13.1 Å². The first-order valence-electron chi connectivity index (χ1n) is 8.31. The van der Waals surface area contributed by atoms with Crippen molar-refractivity contribution in [2.24, 2.45) is 0 Å². The van der Waals surface area contributed by atoms with E-state index in [4.69, 9.17) is 0 Å². The quantitative estimate of drug-likeness (QED) is 0.750. The summed E-state index contributed by atoms with van der Waals surface area (Å²) in [5.41, 5.74) is 2.45. The lowest BCUT2D eigenvalue weighted by molar-refractivity contribution is 0.0567. The summed E-state index contributed by atoms with van der Waals surface area (Å²) in [4.78, 5) is 2.26. The molecular formula is C20H26FNO. The molecule has 2 rings (SSSR count). The van der Waals surface area contributed by atoms with Crippen LogP contribution in [0.2, 0.25) is 0 Å². The van der Waals surface area contributed by atoms with Crippen LogP contribution in [0.25, 0.3) is 0 Å². The molecule has 0 saturated heterocycles. The minimum absolute atomic E-state index is 0.360. The van der Waals surface area contributed by atoms with Crippen LogP contribution in [0.15, 0.2) is 60.7 Å². The number of rotatable bonds is 9. The summed E-state index contributed by atoms with van der Waals surface area (Å²) in [5.74, 6) is 0. The van der Waals surface area contributed by atoms with E-state index in [2.05, 4.69) is 29.2 Å². The van der Waals surface area contributed by atoms with E-state index in [1.165, 1.54) is 11.1 Å². The molecule has 2 aromatic rings. The molecule has 0 radical (unpaired) electrons. The van der Waals surface area contributed by atoms with Crippen molar-refractivity contribution in [1.29, 1.82) is 0 Å². The van der Waals surface area contributed by atoms with Gasteiger partial charge >= 0.3 is 0 Å². The van der Waals surface area contributed by atoms with E-state index < -0.39 is 12.3 Å². The maximum absolute atomic E-state index is 13.6. The first-order chi connectivity index (χ1) is 11.2. The highest BCUT2D eigenvalue weighted by Gasteiger charge is 2.17. The van der Waals surface area contributed by atoms with Crippen LogP contribution in [0.3, 0.4) is 0 Å². The topological polar surface area (TPSA) is 23.5 Å². The molecule has 2 atom stereocenters. The standard InChI is InChI=1S/C20H26FNO/c1-2-19(21)20(23)13-14-22(15-17-9-5-3-6-10-17)16-18-11-7-4-8-12-18/h3-12,19-20,23H,2,13-16H2,1H3/t19-,20-/m1/s1. The number of aliphatic hydroxyl groups excluding tert-OH is 1. The van der Waals surface area contributed by atoms with Gasteiger partial charge in [-0.25, -0.2) is 4.39 Å². The molecule has 2 nitrogen and oxygen atoms in total. The molecule has 0 heterocycles. The van der Waals surface area contributed by atoms with E-state index >= 15 is 0 Å². The third kappa shape index (κ3) is 6.12. The second kappa shape index (κ2) is 9.43. The van der Waals surface area contributed by atoms with Crippen molar-refractivity contribution in [2.75, 3.05) is 6.54 Å². The van der Waals surface area contributed by atoms with Crippen LogP contribution >= 0.6 is 0 Å². The van der Waals surface area contributed by atoms with Crippen LogP contribution in [0.4, 0.5) is 4.39 Å². The van der Waals surface area contributed by atoms with E-state index in [0.717, 1.165) is 13.1 Å². The zero-order chi connectivity index (χ0) is 16.5. The van der Waals surface area contributed by atoms with Crippen molar-refractivity contribution in [3.05, 3.63) is 71.8 Å². The van der Waals surface area contributed by atoms with Crippen molar-refractivity contribution in [3.63, 3.8) is 0 Å². The molecule has 0 fully saturated rings. The minimum atomic E-state index is -1.13. The smallest absolute Gasteiger partial charge is 0.126 e. The van der Waals surface area contributed by atoms with Crippen LogP contribution in [0, 0.1) is 0 Å². The zero-order valence-electron chi connectivity index (χ0n) is 13.7. The Bertz CT molecular complexity index is 505. The van der Waals surface area contributed by atoms with Gasteiger partial charge in [0.25, 0.3) is 0 Å². The Labute approximate surface area is 138 Å². The Hall–Kier alpha value is -1.71. The summed E-state index contributed by atoms with van der Waals surface area (Å²) < 4.78 is 13.6. The lowest BCUT2D eigenvalue weighted by Gasteiger charge is -2.24. The predicted molar refractivity (Wildman–Crippen MR) is 92.8 cm³/mol. The average molecular weight is 315 g/mol. The van der Waals surface area contributed by atoms with E-state index in [1.54, 1.807) is 6.92 Å². The largest absolute Gasteiger partial charge is 0.390 e. The van der Waals surface area contributed by atoms with E-state index in [9.17, 15) is 9.50 Å². The number of hydrogen-bond acceptors (Lipinski definition) is 2. The Balaban J connectivity index is 1.99. The molecule has 0 aliphatic heterocycles. The number of benzene rings is 2. The summed E-state index contributed by atoms with van der Waals surface area (Å²) >= 11 is 0. The Morgan fingerprint density at radius 3 is 1.83 bits per heavy atom. The third-order valence-corrected chi connectivity index (χ3v) is 4.05. The van der Waals surface area contributed by atoms with Gasteiger partial charge in [-0.15, -0.1) is 0 Å². The van der Waals surface area contributed by atoms with E-state index in [0.29, 0.717) is 19.4 Å². The molecule has 2 aromatic carbocycles. The van der Waals surface area contributed by atoms with E-state index in [1.807, 2.05) is 36.4 Å². The molecule has 0 amide bonds. The number of hydrogen-bond donors (Lipinski definition) is 1. The van der Waals surface area contributed by atoms with Gasteiger partial charge in [-0.2, -0.15) is 0 Å². The SMILES string of the molecule is CC[C@@H](F)[C@H](O)CCN(Cc1ccccc1)Cc1ccccc1. The van der Waals surface area contributed by atoms with Gasteiger partial charge in [0.2, 0.25) is 0 Å². The molecular weight excluding hydrogens is 289 g/mol. The molecule has 23 heavy (non-hydrogen) atoms. The maximum Gasteiger partial charge on any atom is 0.126 e. The molecule has 0 aliphatic rings. The normalized spacial score (nSPS) is 13.9. The molecule has 0 unspecified atom stereocenters. The van der Waals surface area contributed by atoms with Gasteiger partial charge in [-0.3, -0.25) is 4.90 Å². The van der Waals surface area contributed by atoms with Crippen molar-refractivity contribution in [3.8, 4) is 0 Å². The lowest BCUT2D eigenvalue weighted by Crippen LogP contribution is -2.30. The summed E-state index contributed by atoms with van der Waals surface area (Å²) in [6.07, 6.45) is -1.20. The summed E-state index contributed by atoms with van der Waals surface area (Å²) in [7, 11) is 0. The van der Waals surface area contributed by atoms with Crippen LogP contribution < -0.4 is 0 Å². The monoisotopic (exact) mass is 315 g/mol. The lowest BCUT2D eigenvalue weighted by atomic mass is 10.1. The number of aliphatic hydroxyl groups is 1. The van der Waals surface area contributed by atoms with Gasteiger partial charge in [0.1, 0.15) is 6.17 Å². The molecule has 0 spiro atoms. The Morgan fingerprint density at radius 1 is 0.913 bits per heavy atom. The Kier molecular flexibility index (Phi) is 7.24. The summed E-state index contributed by atoms with van der Waals surface area (Å²) in [6, 6.07) is 20.5. The number of nitrogens with zero attached hydrogens (tertiary/aromatic N) is 1. The van der Waals surface area contributed by atoms with E-state index in [-0.39, 0.29) is 0 Å². The third-order valence-electron chi connectivity index (χ3n) is 4.05. The van der Waals surface area contributed by atoms with Gasteiger partial charge in [0.15, 0.2) is 0 Å². The fraction of sp³-hybridized carbons (Fsp3) is 0.400. The van der Waals surface area contributed by atoms with Crippen molar-refractivity contribution in [2.45, 2.75) is 45.1 Å². The highest BCUT2D eigenvalue weighted by Crippen LogP contribution is 2.13. The van der Waals surface area contributed by atoms with Gasteiger partial charge < -0.3 is 5.11 Å². The second-order valence-corrected chi connectivity index (χ2v) is 5.96. The number of alkyl halides is 1. The van der Waals surface area contributed by atoms with Gasteiger partial charge in [0, 0.05) is 19.6 Å². The first kappa shape index (κ1) is 17.6. The second-order valence-electron chi connectivity index (χ2n) is 5.96. The molecule has 1 N–H and O–H groups in total. The highest BCUT2D eigenvalue weighted by atomic mass is 19.1. The highest BCUT2D eigenvalue weighted by molar-refractivity contribution is 5.17. The first-order valence-corrected chi connectivity index (χ1v) is 8.31. The average Bonchev–Trinajstić information content (AvgIpc) is 2.60. The predicted octanol–water partition coefficient (Wildman–Crippen LogP) is 4.19. The molecule has 0 aliphatic carbocycles. The molecule has 3 heteroatoms. The fourth-order valence-electron chi connectivity index (χ4n) is 2.67. The molecule has 0 aromatic heterocycles. The molecule has 0 bridgehead atoms. The fourth-order valence-corrected chi connectivity index (χ4v) is 2.67. The van der Waals surface area contributed by atoms with Crippen molar-refractivity contribution < 1.29 is 9.50 Å². The maximum atomic E-state index is 13.6. The summed E-state index contributed by atoms with van der Waals surface area (Å²) in [6.45, 7) is 4.03.